The number of hydrogen-bond donors (Lipinski definition) is 1. The van der Waals surface area contributed by atoms with Crippen molar-refractivity contribution in [3.63, 3.8) is 0 Å². The first kappa shape index (κ1) is 12.1. The highest BCUT2D eigenvalue weighted by Crippen LogP contribution is 2.58. The number of hydrogen-bond acceptors (Lipinski definition) is 4. The highest BCUT2D eigenvalue weighted by atomic mass is 16.2. The Morgan fingerprint density at radius 2 is 2.15 bits per heavy atom. The molecule has 1 aromatic rings. The predicted octanol–water partition coefficient (Wildman–Crippen LogP) is 1.28. The first-order valence-corrected chi connectivity index (χ1v) is 7.50. The minimum Gasteiger partial charge on any atom is -0.353 e. The van der Waals surface area contributed by atoms with Crippen molar-refractivity contribution in [1.82, 2.24) is 15.3 Å². The van der Waals surface area contributed by atoms with Crippen molar-refractivity contribution in [1.29, 1.82) is 0 Å². The summed E-state index contributed by atoms with van der Waals surface area (Å²) < 4.78 is 0. The van der Waals surface area contributed by atoms with Crippen LogP contribution in [0.1, 0.15) is 31.2 Å². The van der Waals surface area contributed by atoms with E-state index in [0.717, 1.165) is 50.3 Å². The second-order valence-electron chi connectivity index (χ2n) is 6.63. The number of rotatable bonds is 3. The van der Waals surface area contributed by atoms with Gasteiger partial charge in [-0.25, -0.2) is 9.97 Å². The van der Waals surface area contributed by atoms with Crippen molar-refractivity contribution < 1.29 is 4.79 Å². The van der Waals surface area contributed by atoms with E-state index in [0.29, 0.717) is 6.04 Å². The zero-order valence-corrected chi connectivity index (χ0v) is 11.8. The van der Waals surface area contributed by atoms with E-state index in [1.807, 2.05) is 19.3 Å². The summed E-state index contributed by atoms with van der Waals surface area (Å²) in [7, 11) is 0. The number of amides is 1. The van der Waals surface area contributed by atoms with Crippen LogP contribution in [-0.4, -0.2) is 35.0 Å². The molecule has 0 bridgehead atoms. The number of carbonyl (C=O) groups excluding carboxylic acids is 1. The van der Waals surface area contributed by atoms with Crippen molar-refractivity contribution in [3.05, 3.63) is 18.0 Å². The van der Waals surface area contributed by atoms with Gasteiger partial charge in [-0.2, -0.15) is 0 Å². The Labute approximate surface area is 118 Å². The summed E-state index contributed by atoms with van der Waals surface area (Å²) in [5.41, 5.74) is 1.28. The third-order valence-corrected chi connectivity index (χ3v) is 4.87. The zero-order valence-electron chi connectivity index (χ0n) is 11.8. The molecule has 1 N–H and O–H groups in total. The van der Waals surface area contributed by atoms with Crippen molar-refractivity contribution >= 4 is 11.9 Å². The maximum Gasteiger partial charge on any atom is 0.225 e. The average Bonchev–Trinajstić information content (AvgIpc) is 3.30. The molecule has 20 heavy (non-hydrogen) atoms. The van der Waals surface area contributed by atoms with Crippen molar-refractivity contribution in [3.8, 4) is 0 Å². The molecule has 106 valence electrons. The number of carbonyl (C=O) groups is 1. The molecule has 3 aliphatic rings. The van der Waals surface area contributed by atoms with Crippen molar-refractivity contribution in [2.75, 3.05) is 18.0 Å². The third kappa shape index (κ3) is 2.05. The van der Waals surface area contributed by atoms with Crippen LogP contribution in [0.5, 0.6) is 0 Å². The van der Waals surface area contributed by atoms with Crippen LogP contribution in [0.25, 0.3) is 0 Å². The Balaban J connectivity index is 1.41. The van der Waals surface area contributed by atoms with E-state index in [9.17, 15) is 4.79 Å². The third-order valence-electron chi connectivity index (χ3n) is 4.87. The highest BCUT2D eigenvalue weighted by Gasteiger charge is 2.61. The van der Waals surface area contributed by atoms with Crippen LogP contribution in [0.4, 0.5) is 5.95 Å². The number of nitrogens with zero attached hydrogens (tertiary/aromatic N) is 3. The summed E-state index contributed by atoms with van der Waals surface area (Å²) in [6.45, 7) is 3.89. The second-order valence-corrected chi connectivity index (χ2v) is 6.63. The first-order chi connectivity index (χ1) is 9.66. The van der Waals surface area contributed by atoms with Gasteiger partial charge in [-0.05, 0) is 38.2 Å². The van der Waals surface area contributed by atoms with Crippen LogP contribution in [-0.2, 0) is 4.79 Å². The van der Waals surface area contributed by atoms with E-state index in [4.69, 9.17) is 0 Å². The Kier molecular flexibility index (Phi) is 2.53. The van der Waals surface area contributed by atoms with Gasteiger partial charge < -0.3 is 10.2 Å². The summed E-state index contributed by atoms with van der Waals surface area (Å²) in [6, 6.07) is 0.470. The van der Waals surface area contributed by atoms with Crippen LogP contribution in [0.2, 0.25) is 0 Å². The molecular weight excluding hydrogens is 252 g/mol. The smallest absolute Gasteiger partial charge is 0.225 e. The van der Waals surface area contributed by atoms with E-state index in [-0.39, 0.29) is 17.2 Å². The van der Waals surface area contributed by atoms with E-state index in [1.165, 1.54) is 0 Å². The van der Waals surface area contributed by atoms with Crippen LogP contribution < -0.4 is 10.2 Å². The summed E-state index contributed by atoms with van der Waals surface area (Å²) in [5, 5.41) is 3.14. The molecule has 0 unspecified atom stereocenters. The van der Waals surface area contributed by atoms with Crippen LogP contribution in [0.3, 0.4) is 0 Å². The zero-order chi connectivity index (χ0) is 13.7. The average molecular weight is 272 g/mol. The molecule has 2 aliphatic carbocycles. The molecular formula is C15H20N4O. The topological polar surface area (TPSA) is 58.1 Å². The molecule has 5 heteroatoms. The van der Waals surface area contributed by atoms with E-state index in [1.54, 1.807) is 0 Å². The van der Waals surface area contributed by atoms with Gasteiger partial charge in [-0.15, -0.1) is 0 Å². The highest BCUT2D eigenvalue weighted by molar-refractivity contribution is 5.83. The SMILES string of the molecule is Cc1cnc(N2CC[C@@]3(C[C@H]3C(=O)NC3CC3)C2)nc1. The van der Waals surface area contributed by atoms with Gasteiger partial charge >= 0.3 is 0 Å². The summed E-state index contributed by atoms with van der Waals surface area (Å²) in [6.07, 6.45) is 8.17. The molecule has 3 fully saturated rings. The molecule has 1 amide bonds. The van der Waals surface area contributed by atoms with Gasteiger partial charge in [-0.1, -0.05) is 0 Å². The van der Waals surface area contributed by atoms with Gasteiger partial charge in [-0.3, -0.25) is 4.79 Å². The molecule has 2 saturated carbocycles. The number of aryl methyl sites for hydroxylation is 1. The van der Waals surface area contributed by atoms with Crippen LogP contribution in [0, 0.1) is 18.3 Å². The van der Waals surface area contributed by atoms with Gasteiger partial charge in [0.15, 0.2) is 0 Å². The predicted molar refractivity (Wildman–Crippen MR) is 75.3 cm³/mol. The molecule has 4 rings (SSSR count). The lowest BCUT2D eigenvalue weighted by Crippen LogP contribution is -2.30. The monoisotopic (exact) mass is 272 g/mol. The lowest BCUT2D eigenvalue weighted by molar-refractivity contribution is -0.123. The number of aromatic nitrogens is 2. The fourth-order valence-corrected chi connectivity index (χ4v) is 3.31. The summed E-state index contributed by atoms with van der Waals surface area (Å²) >= 11 is 0. The number of nitrogens with one attached hydrogen (secondary N) is 1. The molecule has 2 heterocycles. The normalized spacial score (nSPS) is 31.6. The second kappa shape index (κ2) is 4.17. The van der Waals surface area contributed by atoms with E-state index in [2.05, 4.69) is 20.2 Å². The Hall–Kier alpha value is -1.65. The maximum atomic E-state index is 12.1. The maximum absolute atomic E-state index is 12.1. The molecule has 2 atom stereocenters. The Morgan fingerprint density at radius 1 is 1.40 bits per heavy atom. The fraction of sp³-hybridized carbons (Fsp3) is 0.667. The molecule has 1 saturated heterocycles. The largest absolute Gasteiger partial charge is 0.353 e. The van der Waals surface area contributed by atoms with Crippen LogP contribution >= 0.6 is 0 Å². The van der Waals surface area contributed by atoms with E-state index >= 15 is 0 Å². The fourth-order valence-electron chi connectivity index (χ4n) is 3.31. The Bertz CT molecular complexity index is 539. The first-order valence-electron chi connectivity index (χ1n) is 7.50. The summed E-state index contributed by atoms with van der Waals surface area (Å²) in [5.74, 6) is 1.30. The minimum absolute atomic E-state index is 0.202. The minimum atomic E-state index is 0.202. The van der Waals surface area contributed by atoms with Gasteiger partial charge in [0.25, 0.3) is 0 Å². The van der Waals surface area contributed by atoms with Crippen LogP contribution in [0.15, 0.2) is 12.4 Å². The Morgan fingerprint density at radius 3 is 2.85 bits per heavy atom. The quantitative estimate of drug-likeness (QED) is 0.900. The molecule has 1 aliphatic heterocycles. The number of anilines is 1. The lowest BCUT2D eigenvalue weighted by atomic mass is 10.0. The summed E-state index contributed by atoms with van der Waals surface area (Å²) in [4.78, 5) is 23.2. The van der Waals surface area contributed by atoms with Gasteiger partial charge in [0.1, 0.15) is 0 Å². The van der Waals surface area contributed by atoms with Gasteiger partial charge in [0, 0.05) is 42.9 Å². The molecule has 1 spiro atoms. The molecule has 5 nitrogen and oxygen atoms in total. The van der Waals surface area contributed by atoms with Gasteiger partial charge in [0.2, 0.25) is 11.9 Å². The molecule has 0 radical (unpaired) electrons. The molecule has 1 aromatic heterocycles. The van der Waals surface area contributed by atoms with Gasteiger partial charge in [0.05, 0.1) is 0 Å². The lowest BCUT2D eigenvalue weighted by Gasteiger charge is -2.16. The van der Waals surface area contributed by atoms with E-state index < -0.39 is 0 Å². The molecule has 0 aromatic carbocycles. The van der Waals surface area contributed by atoms with Crippen molar-refractivity contribution in [2.45, 2.75) is 38.6 Å². The van der Waals surface area contributed by atoms with Crippen molar-refractivity contribution in [2.24, 2.45) is 11.3 Å². The standard InChI is InChI=1S/C15H20N4O/c1-10-7-16-14(17-8-10)19-5-4-15(9-19)6-12(15)13(20)18-11-2-3-11/h7-8,11-12H,2-6,9H2,1H3,(H,18,20)/t12-,15+/m0/s1.